The van der Waals surface area contributed by atoms with Crippen LogP contribution in [0.2, 0.25) is 0 Å². The summed E-state index contributed by atoms with van der Waals surface area (Å²) in [5.41, 5.74) is 1.28. The molecule has 0 atom stereocenters. The molecule has 0 saturated heterocycles. The standard InChI is InChI=1S/C12H17N3O2S/c1-3-7-13-8-11-14-9-5-4-6-10(12(9)15-11)18(2,16)17/h4-6,13H,3,7-8H2,1-2H3,(H,14,15). The van der Waals surface area contributed by atoms with Crippen molar-refractivity contribution < 1.29 is 8.42 Å². The van der Waals surface area contributed by atoms with Crippen molar-refractivity contribution in [3.05, 3.63) is 24.0 Å². The first-order valence-corrected chi connectivity index (χ1v) is 7.80. The number of nitrogens with one attached hydrogen (secondary N) is 2. The molecule has 0 amide bonds. The second-order valence-corrected chi connectivity index (χ2v) is 6.27. The van der Waals surface area contributed by atoms with Gasteiger partial charge in [-0.25, -0.2) is 13.4 Å². The molecule has 0 fully saturated rings. The monoisotopic (exact) mass is 267 g/mol. The number of H-pyrrole nitrogens is 1. The summed E-state index contributed by atoms with van der Waals surface area (Å²) in [4.78, 5) is 7.76. The van der Waals surface area contributed by atoms with Crippen LogP contribution in [-0.2, 0) is 16.4 Å². The summed E-state index contributed by atoms with van der Waals surface area (Å²) in [6, 6.07) is 5.14. The Kier molecular flexibility index (Phi) is 3.68. The highest BCUT2D eigenvalue weighted by atomic mass is 32.2. The summed E-state index contributed by atoms with van der Waals surface area (Å²) in [7, 11) is -3.24. The summed E-state index contributed by atoms with van der Waals surface area (Å²) < 4.78 is 23.3. The van der Waals surface area contributed by atoms with Crippen LogP contribution in [0.1, 0.15) is 19.2 Å². The van der Waals surface area contributed by atoms with E-state index in [2.05, 4.69) is 22.2 Å². The maximum Gasteiger partial charge on any atom is 0.177 e. The van der Waals surface area contributed by atoms with Crippen molar-refractivity contribution in [2.45, 2.75) is 24.8 Å². The molecule has 0 spiro atoms. The second-order valence-electron chi connectivity index (χ2n) is 4.28. The third kappa shape index (κ3) is 2.70. The van der Waals surface area contributed by atoms with Crippen molar-refractivity contribution in [2.75, 3.05) is 12.8 Å². The van der Waals surface area contributed by atoms with Gasteiger partial charge in [0, 0.05) is 6.26 Å². The van der Waals surface area contributed by atoms with Crippen LogP contribution in [0.4, 0.5) is 0 Å². The van der Waals surface area contributed by atoms with Crippen LogP contribution in [0.15, 0.2) is 23.1 Å². The van der Waals surface area contributed by atoms with Crippen LogP contribution in [0, 0.1) is 0 Å². The van der Waals surface area contributed by atoms with Crippen LogP contribution in [0.5, 0.6) is 0 Å². The van der Waals surface area contributed by atoms with Crippen LogP contribution in [-0.4, -0.2) is 31.2 Å². The molecule has 6 heteroatoms. The van der Waals surface area contributed by atoms with E-state index in [0.717, 1.165) is 24.3 Å². The van der Waals surface area contributed by atoms with Gasteiger partial charge in [0.2, 0.25) is 0 Å². The number of hydrogen-bond acceptors (Lipinski definition) is 4. The minimum Gasteiger partial charge on any atom is -0.341 e. The zero-order valence-corrected chi connectivity index (χ0v) is 11.3. The van der Waals surface area contributed by atoms with Gasteiger partial charge in [0.25, 0.3) is 0 Å². The van der Waals surface area contributed by atoms with Gasteiger partial charge in [-0.1, -0.05) is 13.0 Å². The molecule has 18 heavy (non-hydrogen) atoms. The predicted molar refractivity (Wildman–Crippen MR) is 71.2 cm³/mol. The molecule has 98 valence electrons. The van der Waals surface area contributed by atoms with Crippen molar-refractivity contribution in [2.24, 2.45) is 0 Å². The lowest BCUT2D eigenvalue weighted by atomic mass is 10.3. The van der Waals surface area contributed by atoms with E-state index >= 15 is 0 Å². The number of aromatic nitrogens is 2. The average molecular weight is 267 g/mol. The van der Waals surface area contributed by atoms with Crippen LogP contribution in [0.25, 0.3) is 11.0 Å². The number of para-hydroxylation sites is 1. The van der Waals surface area contributed by atoms with Crippen molar-refractivity contribution in [3.8, 4) is 0 Å². The molecule has 2 rings (SSSR count). The van der Waals surface area contributed by atoms with E-state index in [4.69, 9.17) is 0 Å². The largest absolute Gasteiger partial charge is 0.341 e. The number of fused-ring (bicyclic) bond motifs is 1. The van der Waals surface area contributed by atoms with E-state index < -0.39 is 9.84 Å². The predicted octanol–water partition coefficient (Wildman–Crippen LogP) is 1.47. The Morgan fingerprint density at radius 3 is 2.83 bits per heavy atom. The first-order chi connectivity index (χ1) is 8.52. The van der Waals surface area contributed by atoms with E-state index in [1.807, 2.05) is 6.07 Å². The Hall–Kier alpha value is -1.40. The normalized spacial score (nSPS) is 12.1. The van der Waals surface area contributed by atoms with Gasteiger partial charge in [-0.15, -0.1) is 0 Å². The Morgan fingerprint density at radius 2 is 2.17 bits per heavy atom. The van der Waals surface area contributed by atoms with Crippen LogP contribution < -0.4 is 5.32 Å². The molecule has 1 aromatic carbocycles. The smallest absolute Gasteiger partial charge is 0.177 e. The molecular weight excluding hydrogens is 250 g/mol. The fourth-order valence-electron chi connectivity index (χ4n) is 1.82. The zero-order valence-electron chi connectivity index (χ0n) is 10.5. The summed E-state index contributed by atoms with van der Waals surface area (Å²) in [6.07, 6.45) is 2.25. The molecule has 2 aromatic rings. The number of rotatable bonds is 5. The maximum atomic E-state index is 11.6. The van der Waals surface area contributed by atoms with E-state index in [0.29, 0.717) is 12.1 Å². The van der Waals surface area contributed by atoms with E-state index in [1.54, 1.807) is 12.1 Å². The molecule has 0 unspecified atom stereocenters. The van der Waals surface area contributed by atoms with Gasteiger partial charge < -0.3 is 10.3 Å². The molecular formula is C12H17N3O2S. The third-order valence-electron chi connectivity index (χ3n) is 2.64. The highest BCUT2D eigenvalue weighted by Crippen LogP contribution is 2.20. The third-order valence-corrected chi connectivity index (χ3v) is 3.77. The van der Waals surface area contributed by atoms with Gasteiger partial charge in [0.05, 0.1) is 17.0 Å². The van der Waals surface area contributed by atoms with E-state index in [9.17, 15) is 8.42 Å². The Labute approximate surface area is 107 Å². The molecule has 0 aliphatic rings. The van der Waals surface area contributed by atoms with Gasteiger partial charge >= 0.3 is 0 Å². The maximum absolute atomic E-state index is 11.6. The topological polar surface area (TPSA) is 74.8 Å². The number of nitrogens with zero attached hydrogens (tertiary/aromatic N) is 1. The quantitative estimate of drug-likeness (QED) is 0.804. The highest BCUT2D eigenvalue weighted by molar-refractivity contribution is 7.91. The average Bonchev–Trinajstić information content (AvgIpc) is 2.70. The fraction of sp³-hybridized carbons (Fsp3) is 0.417. The van der Waals surface area contributed by atoms with Crippen LogP contribution >= 0.6 is 0 Å². The molecule has 0 bridgehead atoms. The summed E-state index contributed by atoms with van der Waals surface area (Å²) >= 11 is 0. The van der Waals surface area contributed by atoms with Gasteiger partial charge in [0.1, 0.15) is 11.3 Å². The van der Waals surface area contributed by atoms with Gasteiger partial charge in [-0.2, -0.15) is 0 Å². The molecule has 0 saturated carbocycles. The lowest BCUT2D eigenvalue weighted by Gasteiger charge is -1.98. The second kappa shape index (κ2) is 5.07. The number of imidazole rings is 1. The lowest BCUT2D eigenvalue weighted by molar-refractivity contribution is 0.602. The fourth-order valence-corrected chi connectivity index (χ4v) is 2.66. The van der Waals surface area contributed by atoms with Crippen molar-refractivity contribution in [1.82, 2.24) is 15.3 Å². The Bertz CT molecular complexity index is 646. The number of aromatic amines is 1. The van der Waals surface area contributed by atoms with Gasteiger partial charge in [-0.3, -0.25) is 0 Å². The van der Waals surface area contributed by atoms with Crippen molar-refractivity contribution in [3.63, 3.8) is 0 Å². The number of benzene rings is 1. The van der Waals surface area contributed by atoms with E-state index in [-0.39, 0.29) is 4.90 Å². The molecule has 0 aliphatic heterocycles. The molecule has 2 N–H and O–H groups in total. The molecule has 0 aliphatic carbocycles. The zero-order chi connectivity index (χ0) is 13.2. The summed E-state index contributed by atoms with van der Waals surface area (Å²) in [5.74, 6) is 0.759. The van der Waals surface area contributed by atoms with E-state index in [1.165, 1.54) is 6.26 Å². The summed E-state index contributed by atoms with van der Waals surface area (Å²) in [5, 5.41) is 3.23. The molecule has 0 radical (unpaired) electrons. The highest BCUT2D eigenvalue weighted by Gasteiger charge is 2.14. The first kappa shape index (κ1) is 13.0. The van der Waals surface area contributed by atoms with Crippen molar-refractivity contribution in [1.29, 1.82) is 0 Å². The number of sulfone groups is 1. The lowest BCUT2D eigenvalue weighted by Crippen LogP contribution is -2.14. The molecule has 1 heterocycles. The molecule has 5 nitrogen and oxygen atoms in total. The van der Waals surface area contributed by atoms with Crippen LogP contribution in [0.3, 0.4) is 0 Å². The van der Waals surface area contributed by atoms with Gasteiger partial charge in [-0.05, 0) is 25.1 Å². The minimum atomic E-state index is -3.24. The van der Waals surface area contributed by atoms with Crippen molar-refractivity contribution >= 4 is 20.9 Å². The molecule has 1 aromatic heterocycles. The SMILES string of the molecule is CCCNCc1nc2c(S(C)(=O)=O)cccc2[nH]1. The number of hydrogen-bond donors (Lipinski definition) is 2. The Morgan fingerprint density at radius 1 is 1.39 bits per heavy atom. The minimum absolute atomic E-state index is 0.276. The Balaban J connectivity index is 2.39. The summed E-state index contributed by atoms with van der Waals surface area (Å²) in [6.45, 7) is 3.62. The first-order valence-electron chi connectivity index (χ1n) is 5.90. The van der Waals surface area contributed by atoms with Gasteiger partial charge in [0.15, 0.2) is 9.84 Å².